The Balaban J connectivity index is 0.000000163. The first-order valence-corrected chi connectivity index (χ1v) is 14.5. The lowest BCUT2D eigenvalue weighted by atomic mass is 10.1. The van der Waals surface area contributed by atoms with Crippen LogP contribution in [0.5, 0.6) is 0 Å². The van der Waals surface area contributed by atoms with Gasteiger partial charge in [0, 0.05) is 37.0 Å². The van der Waals surface area contributed by atoms with Crippen molar-refractivity contribution < 1.29 is 17.6 Å². The molecule has 2 saturated heterocycles. The molecule has 0 spiro atoms. The largest absolute Gasteiger partial charge is 0.349 e. The molecule has 2 fully saturated rings. The second kappa shape index (κ2) is 14.1. The van der Waals surface area contributed by atoms with Gasteiger partial charge in [-0.1, -0.05) is 11.6 Å². The van der Waals surface area contributed by atoms with E-state index in [1.54, 1.807) is 4.90 Å². The average Bonchev–Trinajstić information content (AvgIpc) is 3.26. The van der Waals surface area contributed by atoms with E-state index in [0.29, 0.717) is 37.1 Å². The van der Waals surface area contributed by atoms with E-state index in [-0.39, 0.29) is 26.2 Å². The summed E-state index contributed by atoms with van der Waals surface area (Å²) in [6.07, 6.45) is 2.93. The van der Waals surface area contributed by atoms with Crippen LogP contribution in [0.4, 0.5) is 23.4 Å². The summed E-state index contributed by atoms with van der Waals surface area (Å²) in [4.78, 5) is 18.3. The summed E-state index contributed by atoms with van der Waals surface area (Å²) in [6, 6.07) is 8.01. The molecule has 4 heterocycles. The maximum atomic E-state index is 13.8. The molecule has 8 nitrogen and oxygen atoms in total. The zero-order chi connectivity index (χ0) is 31.2. The smallest absolute Gasteiger partial charge is 0.277 e. The van der Waals surface area contributed by atoms with E-state index in [9.17, 15) is 17.6 Å². The van der Waals surface area contributed by atoms with Gasteiger partial charge in [-0.3, -0.25) is 0 Å². The summed E-state index contributed by atoms with van der Waals surface area (Å²) < 4.78 is 52.3. The molecule has 6 rings (SSSR count). The van der Waals surface area contributed by atoms with Crippen LogP contribution in [0.25, 0.3) is 21.8 Å². The van der Waals surface area contributed by atoms with Crippen molar-refractivity contribution in [1.29, 1.82) is 0 Å². The molecule has 4 aromatic rings. The first kappa shape index (κ1) is 32.7. The van der Waals surface area contributed by atoms with E-state index in [4.69, 9.17) is 11.6 Å². The van der Waals surface area contributed by atoms with Gasteiger partial charge in [-0.2, -0.15) is 0 Å². The normalized spacial score (nSPS) is 18.1. The maximum Gasteiger partial charge on any atom is 0.277 e. The summed E-state index contributed by atoms with van der Waals surface area (Å²) >= 11 is 5.93. The van der Waals surface area contributed by atoms with Crippen molar-refractivity contribution in [3.05, 3.63) is 64.3 Å². The van der Waals surface area contributed by atoms with Crippen molar-refractivity contribution in [1.82, 2.24) is 35.9 Å². The van der Waals surface area contributed by atoms with Crippen molar-refractivity contribution >= 4 is 39.2 Å². The predicted octanol–water partition coefficient (Wildman–Crippen LogP) is 5.01. The molecule has 13 heteroatoms. The predicted molar refractivity (Wildman–Crippen MR) is 164 cm³/mol. The number of nitrogens with zero attached hydrogens (tertiary/aromatic N) is 5. The molecule has 3 N–H and O–H groups in total. The highest BCUT2D eigenvalue weighted by atomic mass is 35.5. The lowest BCUT2D eigenvalue weighted by molar-refractivity contribution is 0.0104. The molecule has 43 heavy (non-hydrogen) atoms. The highest BCUT2D eigenvalue weighted by molar-refractivity contribution is 6.34. The van der Waals surface area contributed by atoms with Gasteiger partial charge in [0.25, 0.3) is 11.8 Å². The highest BCUT2D eigenvalue weighted by Gasteiger charge is 2.34. The third-order valence-electron chi connectivity index (χ3n) is 7.34. The SMILES string of the molecule is Cc1cc2ncnc(Cl)c2cc1C.Cc1cc2ncnc(N3CCNCC(F)(F)C3)c2cc1C.FC1(F)CNCCNC1. The van der Waals surface area contributed by atoms with E-state index in [1.807, 2.05) is 38.1 Å². The van der Waals surface area contributed by atoms with E-state index in [2.05, 4.69) is 49.7 Å². The number of hydrogen-bond acceptors (Lipinski definition) is 8. The molecule has 2 aliphatic heterocycles. The van der Waals surface area contributed by atoms with E-state index in [0.717, 1.165) is 32.9 Å². The second-order valence-corrected chi connectivity index (χ2v) is 11.3. The summed E-state index contributed by atoms with van der Waals surface area (Å²) in [7, 11) is 0. The van der Waals surface area contributed by atoms with Crippen LogP contribution in [0.15, 0.2) is 36.9 Å². The fraction of sp³-hybridized carbons (Fsp3) is 0.467. The fourth-order valence-corrected chi connectivity index (χ4v) is 4.90. The van der Waals surface area contributed by atoms with Crippen LogP contribution in [0, 0.1) is 27.7 Å². The van der Waals surface area contributed by atoms with Gasteiger partial charge >= 0.3 is 0 Å². The summed E-state index contributed by atoms with van der Waals surface area (Å²) in [5.74, 6) is -4.73. The van der Waals surface area contributed by atoms with Gasteiger partial charge < -0.3 is 20.9 Å². The third kappa shape index (κ3) is 8.91. The standard InChI is InChI=1S/C15H18F2N4.C10H9ClN2.C5H10F2N2/c1-10-5-12-13(6-11(10)2)19-9-20-14(12)21-4-3-18-7-15(16,17)8-21;1-6-3-8-9(4-7(6)2)12-5-13-10(8)11;6-5(7)3-8-1-2-9-4-5/h5-6,9,18H,3-4,7-8H2,1-2H3;3-5H,1-2H3;8-9H,1-4H2. The topological polar surface area (TPSA) is 90.9 Å². The minimum Gasteiger partial charge on any atom is -0.349 e. The average molecular weight is 621 g/mol. The molecular weight excluding hydrogens is 584 g/mol. The number of aromatic nitrogens is 4. The fourth-order valence-electron chi connectivity index (χ4n) is 4.70. The molecule has 2 aromatic heterocycles. The molecule has 0 amide bonds. The Labute approximate surface area is 253 Å². The number of fused-ring (bicyclic) bond motifs is 2. The van der Waals surface area contributed by atoms with Gasteiger partial charge in [0.1, 0.15) is 23.6 Å². The van der Waals surface area contributed by atoms with Crippen molar-refractivity contribution in [3.63, 3.8) is 0 Å². The number of nitrogens with one attached hydrogen (secondary N) is 3. The van der Waals surface area contributed by atoms with E-state index in [1.165, 1.54) is 23.8 Å². The van der Waals surface area contributed by atoms with E-state index >= 15 is 0 Å². The number of halogens is 5. The number of rotatable bonds is 1. The molecule has 0 bridgehead atoms. The van der Waals surface area contributed by atoms with Gasteiger partial charge in [0.2, 0.25) is 0 Å². The van der Waals surface area contributed by atoms with Crippen molar-refractivity contribution in [2.45, 2.75) is 39.5 Å². The van der Waals surface area contributed by atoms with Crippen molar-refractivity contribution in [2.75, 3.05) is 57.3 Å². The van der Waals surface area contributed by atoms with Crippen LogP contribution in [0.2, 0.25) is 5.15 Å². The van der Waals surface area contributed by atoms with Crippen LogP contribution in [0.3, 0.4) is 0 Å². The highest BCUT2D eigenvalue weighted by Crippen LogP contribution is 2.28. The molecule has 232 valence electrons. The van der Waals surface area contributed by atoms with Crippen LogP contribution < -0.4 is 20.9 Å². The number of benzene rings is 2. The summed E-state index contributed by atoms with van der Waals surface area (Å²) in [6.45, 7) is 9.43. The van der Waals surface area contributed by atoms with Crippen LogP contribution in [-0.4, -0.2) is 84.1 Å². The van der Waals surface area contributed by atoms with Gasteiger partial charge in [-0.05, 0) is 74.2 Å². The van der Waals surface area contributed by atoms with Crippen molar-refractivity contribution in [3.8, 4) is 0 Å². The third-order valence-corrected chi connectivity index (χ3v) is 7.64. The Bertz CT molecular complexity index is 1540. The number of aryl methyl sites for hydroxylation is 4. The van der Waals surface area contributed by atoms with Gasteiger partial charge in [0.15, 0.2) is 0 Å². The Morgan fingerprint density at radius 3 is 1.77 bits per heavy atom. The summed E-state index contributed by atoms with van der Waals surface area (Å²) in [5.41, 5.74) is 6.38. The monoisotopic (exact) mass is 620 g/mol. The molecule has 0 unspecified atom stereocenters. The number of anilines is 1. The maximum absolute atomic E-state index is 13.8. The van der Waals surface area contributed by atoms with E-state index < -0.39 is 11.8 Å². The first-order chi connectivity index (χ1) is 20.3. The van der Waals surface area contributed by atoms with Gasteiger partial charge in [-0.25, -0.2) is 37.5 Å². The molecule has 0 saturated carbocycles. The zero-order valence-electron chi connectivity index (χ0n) is 24.7. The van der Waals surface area contributed by atoms with Crippen LogP contribution in [-0.2, 0) is 0 Å². The Morgan fingerprint density at radius 1 is 0.651 bits per heavy atom. The van der Waals surface area contributed by atoms with Crippen LogP contribution in [0.1, 0.15) is 22.3 Å². The van der Waals surface area contributed by atoms with Crippen LogP contribution >= 0.6 is 11.6 Å². The molecule has 2 aromatic carbocycles. The zero-order valence-corrected chi connectivity index (χ0v) is 25.5. The molecular formula is C30H37ClF4N8. The number of alkyl halides is 4. The Hall–Kier alpha value is -3.19. The minimum absolute atomic E-state index is 0.194. The van der Waals surface area contributed by atoms with Gasteiger partial charge in [0.05, 0.1) is 37.2 Å². The lowest BCUT2D eigenvalue weighted by Gasteiger charge is -2.25. The Morgan fingerprint density at radius 2 is 1.14 bits per heavy atom. The molecule has 0 aliphatic carbocycles. The Kier molecular flexibility index (Phi) is 10.7. The minimum atomic E-state index is -2.76. The number of hydrogen-bond donors (Lipinski definition) is 3. The first-order valence-electron chi connectivity index (χ1n) is 14.1. The van der Waals surface area contributed by atoms with Crippen molar-refractivity contribution in [2.24, 2.45) is 0 Å². The quantitative estimate of drug-likeness (QED) is 0.202. The molecule has 0 atom stereocenters. The second-order valence-electron chi connectivity index (χ2n) is 10.9. The molecule has 0 radical (unpaired) electrons. The summed E-state index contributed by atoms with van der Waals surface area (Å²) in [5, 5.41) is 10.3. The van der Waals surface area contributed by atoms with Gasteiger partial charge in [-0.15, -0.1) is 0 Å². The molecule has 2 aliphatic rings. The lowest BCUT2D eigenvalue weighted by Crippen LogP contribution is -2.38.